The van der Waals surface area contributed by atoms with Crippen molar-refractivity contribution in [2.24, 2.45) is 4.99 Å². The van der Waals surface area contributed by atoms with Crippen LogP contribution >= 0.6 is 47.2 Å². The molecule has 1 atom stereocenters. The molecular formula is C19H30Cl2IN5O2. The number of carbonyl (C=O) groups is 1. The number of nitrogens with zero attached hydrogens (tertiary/aromatic N) is 3. The zero-order valence-electron chi connectivity index (χ0n) is 16.8. The average Bonchev–Trinajstić information content (AvgIpc) is 2.65. The van der Waals surface area contributed by atoms with Gasteiger partial charge in [0.05, 0.1) is 12.6 Å². The standard InChI is InChI=1S/C19H29Cl2N5O2.HI/c1-3-22-19(23-4-5-25-6-8-26(9-7-25)14(2)27)24-13-18(28)15-10-16(20)12-17(21)11-15;/h10-12,18,28H,3-9,13H2,1-2H3,(H2,22,23,24);1H. The van der Waals surface area contributed by atoms with Crippen molar-refractivity contribution in [2.75, 3.05) is 52.4 Å². The van der Waals surface area contributed by atoms with E-state index in [1.807, 2.05) is 11.8 Å². The first-order valence-electron chi connectivity index (χ1n) is 9.53. The zero-order valence-corrected chi connectivity index (χ0v) is 20.7. The quantitative estimate of drug-likeness (QED) is 0.272. The minimum atomic E-state index is -0.786. The highest BCUT2D eigenvalue weighted by Crippen LogP contribution is 2.23. The van der Waals surface area contributed by atoms with Crippen molar-refractivity contribution < 1.29 is 9.90 Å². The van der Waals surface area contributed by atoms with Crippen LogP contribution in [0.2, 0.25) is 10.0 Å². The molecule has 1 unspecified atom stereocenters. The Hall–Kier alpha value is -0.810. The normalized spacial score (nSPS) is 16.2. The Morgan fingerprint density at radius 1 is 1.17 bits per heavy atom. The molecule has 0 aromatic heterocycles. The fourth-order valence-corrected chi connectivity index (χ4v) is 3.55. The van der Waals surface area contributed by atoms with Crippen molar-refractivity contribution in [1.29, 1.82) is 0 Å². The second kappa shape index (κ2) is 13.5. The van der Waals surface area contributed by atoms with Crippen molar-refractivity contribution in [3.8, 4) is 0 Å². The number of piperazine rings is 1. The van der Waals surface area contributed by atoms with E-state index >= 15 is 0 Å². The molecule has 164 valence electrons. The highest BCUT2D eigenvalue weighted by molar-refractivity contribution is 14.0. The van der Waals surface area contributed by atoms with E-state index in [4.69, 9.17) is 23.2 Å². The van der Waals surface area contributed by atoms with E-state index in [0.29, 0.717) is 21.6 Å². The monoisotopic (exact) mass is 557 g/mol. The van der Waals surface area contributed by atoms with E-state index in [1.54, 1.807) is 25.1 Å². The Balaban J connectivity index is 0.00000420. The summed E-state index contributed by atoms with van der Waals surface area (Å²) in [4.78, 5) is 20.0. The number of aliphatic hydroxyl groups excluding tert-OH is 1. The minimum absolute atomic E-state index is 0. The van der Waals surface area contributed by atoms with Gasteiger partial charge >= 0.3 is 0 Å². The number of aliphatic imine (C=N–C) groups is 1. The van der Waals surface area contributed by atoms with Gasteiger partial charge < -0.3 is 20.6 Å². The van der Waals surface area contributed by atoms with Crippen molar-refractivity contribution in [3.63, 3.8) is 0 Å². The summed E-state index contributed by atoms with van der Waals surface area (Å²) in [5.41, 5.74) is 0.639. The summed E-state index contributed by atoms with van der Waals surface area (Å²) in [7, 11) is 0. The summed E-state index contributed by atoms with van der Waals surface area (Å²) in [6.45, 7) is 9.43. The first-order chi connectivity index (χ1) is 13.4. The maximum atomic E-state index is 11.4. The number of benzene rings is 1. The molecule has 1 aromatic rings. The van der Waals surface area contributed by atoms with Crippen molar-refractivity contribution >= 4 is 59.0 Å². The van der Waals surface area contributed by atoms with Crippen molar-refractivity contribution in [3.05, 3.63) is 33.8 Å². The van der Waals surface area contributed by atoms with Gasteiger partial charge in [-0.3, -0.25) is 14.7 Å². The molecule has 7 nitrogen and oxygen atoms in total. The van der Waals surface area contributed by atoms with Gasteiger partial charge in [0.2, 0.25) is 5.91 Å². The molecule has 2 rings (SSSR count). The Morgan fingerprint density at radius 3 is 2.34 bits per heavy atom. The first-order valence-corrected chi connectivity index (χ1v) is 10.3. The van der Waals surface area contributed by atoms with Gasteiger partial charge in [-0.1, -0.05) is 23.2 Å². The molecule has 1 aliphatic rings. The van der Waals surface area contributed by atoms with Crippen molar-refractivity contribution in [1.82, 2.24) is 20.4 Å². The number of hydrogen-bond acceptors (Lipinski definition) is 4. The van der Waals surface area contributed by atoms with Gasteiger partial charge in [0.1, 0.15) is 0 Å². The first kappa shape index (κ1) is 26.2. The fraction of sp³-hybridized carbons (Fsp3) is 0.579. The number of amides is 1. The van der Waals surface area contributed by atoms with Gasteiger partial charge in [0, 0.05) is 62.8 Å². The van der Waals surface area contributed by atoms with Crippen LogP contribution in [-0.2, 0) is 4.79 Å². The summed E-state index contributed by atoms with van der Waals surface area (Å²) in [5.74, 6) is 0.788. The third-order valence-corrected chi connectivity index (χ3v) is 5.01. The molecule has 0 saturated carbocycles. The summed E-state index contributed by atoms with van der Waals surface area (Å²) in [6, 6.07) is 5.01. The summed E-state index contributed by atoms with van der Waals surface area (Å²) < 4.78 is 0. The topological polar surface area (TPSA) is 80.2 Å². The molecule has 29 heavy (non-hydrogen) atoms. The molecule has 0 aliphatic carbocycles. The highest BCUT2D eigenvalue weighted by atomic mass is 127. The van der Waals surface area contributed by atoms with Crippen LogP contribution in [0.3, 0.4) is 0 Å². The molecule has 1 fully saturated rings. The molecule has 0 radical (unpaired) electrons. The molecule has 0 spiro atoms. The number of aliphatic hydroxyl groups is 1. The van der Waals surface area contributed by atoms with Gasteiger partial charge in [0.15, 0.2) is 5.96 Å². The second-order valence-electron chi connectivity index (χ2n) is 6.71. The van der Waals surface area contributed by atoms with E-state index in [-0.39, 0.29) is 36.4 Å². The van der Waals surface area contributed by atoms with Crippen LogP contribution in [0.15, 0.2) is 23.2 Å². The summed E-state index contributed by atoms with van der Waals surface area (Å²) >= 11 is 12.0. The maximum absolute atomic E-state index is 11.4. The summed E-state index contributed by atoms with van der Waals surface area (Å²) in [6.07, 6.45) is -0.786. The van der Waals surface area contributed by atoms with Crippen LogP contribution in [0.25, 0.3) is 0 Å². The summed E-state index contributed by atoms with van der Waals surface area (Å²) in [5, 5.41) is 17.8. The number of carbonyl (C=O) groups excluding carboxylic acids is 1. The van der Waals surface area contributed by atoms with E-state index in [9.17, 15) is 9.90 Å². The minimum Gasteiger partial charge on any atom is -0.386 e. The number of hydrogen-bond donors (Lipinski definition) is 3. The average molecular weight is 558 g/mol. The van der Waals surface area contributed by atoms with Gasteiger partial charge in [-0.05, 0) is 30.7 Å². The lowest BCUT2D eigenvalue weighted by atomic mass is 10.1. The van der Waals surface area contributed by atoms with E-state index in [2.05, 4.69) is 20.5 Å². The largest absolute Gasteiger partial charge is 0.386 e. The number of guanidine groups is 1. The number of nitrogens with one attached hydrogen (secondary N) is 2. The lowest BCUT2D eigenvalue weighted by Gasteiger charge is -2.34. The van der Waals surface area contributed by atoms with Crippen LogP contribution in [0, 0.1) is 0 Å². The van der Waals surface area contributed by atoms with E-state index in [1.165, 1.54) is 0 Å². The second-order valence-corrected chi connectivity index (χ2v) is 7.59. The molecule has 1 amide bonds. The molecule has 1 heterocycles. The Morgan fingerprint density at radius 2 is 1.79 bits per heavy atom. The number of rotatable bonds is 7. The third kappa shape index (κ3) is 9.25. The van der Waals surface area contributed by atoms with Crippen LogP contribution < -0.4 is 10.6 Å². The molecule has 10 heteroatoms. The Kier molecular flexibility index (Phi) is 12.2. The predicted octanol–water partition coefficient (Wildman–Crippen LogP) is 2.36. The Labute approximate surface area is 199 Å². The predicted molar refractivity (Wildman–Crippen MR) is 130 cm³/mol. The molecule has 3 N–H and O–H groups in total. The smallest absolute Gasteiger partial charge is 0.219 e. The molecule has 0 bridgehead atoms. The van der Waals surface area contributed by atoms with Crippen LogP contribution in [0.4, 0.5) is 0 Å². The molecule has 1 saturated heterocycles. The van der Waals surface area contributed by atoms with Crippen LogP contribution in [-0.4, -0.2) is 79.1 Å². The van der Waals surface area contributed by atoms with Crippen LogP contribution in [0.1, 0.15) is 25.5 Å². The SMILES string of the molecule is CCNC(=NCC(O)c1cc(Cl)cc(Cl)c1)NCCN1CCN(C(C)=O)CC1.I. The zero-order chi connectivity index (χ0) is 20.5. The van der Waals surface area contributed by atoms with Crippen molar-refractivity contribution in [2.45, 2.75) is 20.0 Å². The van der Waals surface area contributed by atoms with Gasteiger partial charge in [-0.15, -0.1) is 24.0 Å². The van der Waals surface area contributed by atoms with Gasteiger partial charge in [-0.25, -0.2) is 0 Å². The maximum Gasteiger partial charge on any atom is 0.219 e. The van der Waals surface area contributed by atoms with E-state index in [0.717, 1.165) is 45.8 Å². The Bertz CT molecular complexity index is 664. The fourth-order valence-electron chi connectivity index (χ4n) is 3.01. The highest BCUT2D eigenvalue weighted by Gasteiger charge is 2.18. The van der Waals surface area contributed by atoms with E-state index < -0.39 is 6.10 Å². The number of halogens is 3. The van der Waals surface area contributed by atoms with Gasteiger partial charge in [0.25, 0.3) is 0 Å². The third-order valence-electron chi connectivity index (χ3n) is 4.57. The lowest BCUT2D eigenvalue weighted by Crippen LogP contribution is -2.50. The molecular weight excluding hydrogens is 528 g/mol. The molecule has 1 aliphatic heterocycles. The van der Waals surface area contributed by atoms with Crippen LogP contribution in [0.5, 0.6) is 0 Å². The van der Waals surface area contributed by atoms with Gasteiger partial charge in [-0.2, -0.15) is 0 Å². The molecule has 1 aromatic carbocycles. The lowest BCUT2D eigenvalue weighted by molar-refractivity contribution is -0.130.